The number of esters is 1. The molecule has 0 aliphatic rings. The molecule has 2 aromatic carbocycles. The fourth-order valence-electron chi connectivity index (χ4n) is 1.66. The number of benzene rings is 2. The van der Waals surface area contributed by atoms with Crippen molar-refractivity contribution in [2.75, 3.05) is 0 Å². The molecule has 0 heterocycles. The van der Waals surface area contributed by atoms with Gasteiger partial charge in [0, 0.05) is 12.0 Å². The normalized spacial score (nSPS) is 10.5. The van der Waals surface area contributed by atoms with Crippen molar-refractivity contribution in [2.24, 2.45) is 5.16 Å². The van der Waals surface area contributed by atoms with Crippen LogP contribution in [0.3, 0.4) is 0 Å². The number of carbonyl (C=O) groups excluding carboxylic acids is 1. The van der Waals surface area contributed by atoms with Gasteiger partial charge in [-0.15, -0.1) is 0 Å². The van der Waals surface area contributed by atoms with Crippen molar-refractivity contribution in [1.29, 1.82) is 0 Å². The Hall–Kier alpha value is -2.62. The van der Waals surface area contributed by atoms with E-state index in [2.05, 4.69) is 5.16 Å². The maximum absolute atomic E-state index is 11.4. The van der Waals surface area contributed by atoms with Crippen molar-refractivity contribution in [2.45, 2.75) is 20.0 Å². The lowest BCUT2D eigenvalue weighted by molar-refractivity contribution is -0.134. The molecule has 0 N–H and O–H groups in total. The summed E-state index contributed by atoms with van der Waals surface area (Å²) in [6.07, 6.45) is 1.87. The number of hydrogen-bond donors (Lipinski definition) is 0. The van der Waals surface area contributed by atoms with Gasteiger partial charge in [0.25, 0.3) is 0 Å². The molecule has 0 atom stereocenters. The summed E-state index contributed by atoms with van der Waals surface area (Å²) in [4.78, 5) is 16.6. The van der Waals surface area contributed by atoms with Gasteiger partial charge in [-0.25, -0.2) is 0 Å². The molecule has 21 heavy (non-hydrogen) atoms. The van der Waals surface area contributed by atoms with Crippen LogP contribution in [0, 0.1) is 0 Å². The lowest BCUT2D eigenvalue weighted by Gasteiger charge is -2.05. The summed E-state index contributed by atoms with van der Waals surface area (Å²) in [6, 6.07) is 17.0. The molecule has 0 radical (unpaired) electrons. The average molecular weight is 283 g/mol. The number of ether oxygens (including phenoxy) is 1. The van der Waals surface area contributed by atoms with E-state index in [1.165, 1.54) is 0 Å². The van der Waals surface area contributed by atoms with E-state index in [-0.39, 0.29) is 5.97 Å². The Morgan fingerprint density at radius 2 is 1.81 bits per heavy atom. The second kappa shape index (κ2) is 7.85. The first-order valence-corrected chi connectivity index (χ1v) is 6.78. The van der Waals surface area contributed by atoms with E-state index in [4.69, 9.17) is 9.57 Å². The Bertz CT molecular complexity index is 608. The second-order valence-corrected chi connectivity index (χ2v) is 4.36. The molecule has 4 nitrogen and oxygen atoms in total. The molecule has 0 spiro atoms. The second-order valence-electron chi connectivity index (χ2n) is 4.36. The maximum atomic E-state index is 11.4. The predicted molar refractivity (Wildman–Crippen MR) is 81.2 cm³/mol. The molecule has 0 fully saturated rings. The lowest BCUT2D eigenvalue weighted by atomic mass is 10.2. The monoisotopic (exact) mass is 283 g/mol. The van der Waals surface area contributed by atoms with Gasteiger partial charge in [-0.1, -0.05) is 54.5 Å². The molecule has 0 saturated heterocycles. The van der Waals surface area contributed by atoms with Gasteiger partial charge in [-0.05, 0) is 17.7 Å². The van der Waals surface area contributed by atoms with Gasteiger partial charge < -0.3 is 9.57 Å². The highest BCUT2D eigenvalue weighted by atomic mass is 16.6. The Morgan fingerprint density at radius 3 is 2.57 bits per heavy atom. The van der Waals surface area contributed by atoms with E-state index >= 15 is 0 Å². The van der Waals surface area contributed by atoms with E-state index in [0.29, 0.717) is 24.3 Å². The molecule has 0 aliphatic heterocycles. The fraction of sp³-hybridized carbons (Fsp3) is 0.176. The predicted octanol–water partition coefficient (Wildman–Crippen LogP) is 3.55. The highest BCUT2D eigenvalue weighted by Crippen LogP contribution is 2.16. The van der Waals surface area contributed by atoms with Gasteiger partial charge in [0.2, 0.25) is 0 Å². The Kier molecular flexibility index (Phi) is 5.52. The third kappa shape index (κ3) is 4.76. The van der Waals surface area contributed by atoms with Gasteiger partial charge in [-0.2, -0.15) is 0 Å². The molecule has 108 valence electrons. The van der Waals surface area contributed by atoms with Crippen LogP contribution in [-0.2, 0) is 16.2 Å². The molecule has 0 unspecified atom stereocenters. The number of oxime groups is 1. The molecule has 0 aliphatic carbocycles. The van der Waals surface area contributed by atoms with Crippen LogP contribution in [0.15, 0.2) is 59.8 Å². The van der Waals surface area contributed by atoms with Crippen LogP contribution in [0.25, 0.3) is 0 Å². The van der Waals surface area contributed by atoms with Crippen molar-refractivity contribution in [1.82, 2.24) is 0 Å². The van der Waals surface area contributed by atoms with Crippen LogP contribution < -0.4 is 4.74 Å². The maximum Gasteiger partial charge on any atom is 0.310 e. The number of carbonyl (C=O) groups is 1. The summed E-state index contributed by atoms with van der Waals surface area (Å²) in [6.45, 7) is 2.15. The highest BCUT2D eigenvalue weighted by Gasteiger charge is 2.05. The molecule has 2 aromatic rings. The molecule has 2 rings (SSSR count). The third-order valence-corrected chi connectivity index (χ3v) is 2.77. The van der Waals surface area contributed by atoms with Crippen molar-refractivity contribution < 1.29 is 14.4 Å². The summed E-state index contributed by atoms with van der Waals surface area (Å²) in [5.74, 6) is 0.206. The zero-order valence-corrected chi connectivity index (χ0v) is 11.9. The van der Waals surface area contributed by atoms with E-state index in [1.807, 2.05) is 42.5 Å². The molecule has 0 bridgehead atoms. The van der Waals surface area contributed by atoms with Gasteiger partial charge >= 0.3 is 5.97 Å². The zero-order valence-electron chi connectivity index (χ0n) is 11.9. The SMILES string of the molecule is CCC(=O)Oc1ccccc1C=NOCc1ccccc1. The van der Waals surface area contributed by atoms with Crippen LogP contribution in [-0.4, -0.2) is 12.2 Å². The summed E-state index contributed by atoms with van der Waals surface area (Å²) >= 11 is 0. The van der Waals surface area contributed by atoms with Crippen LogP contribution in [0.2, 0.25) is 0 Å². The van der Waals surface area contributed by atoms with Gasteiger partial charge in [-0.3, -0.25) is 4.79 Å². The van der Waals surface area contributed by atoms with E-state index in [1.54, 1.807) is 25.3 Å². The van der Waals surface area contributed by atoms with Crippen LogP contribution in [0.4, 0.5) is 0 Å². The van der Waals surface area contributed by atoms with Gasteiger partial charge in [0.1, 0.15) is 12.4 Å². The van der Waals surface area contributed by atoms with E-state index in [9.17, 15) is 4.79 Å². The fourth-order valence-corrected chi connectivity index (χ4v) is 1.66. The standard InChI is InChI=1S/C17H17NO3/c1-2-17(19)21-16-11-7-6-10-15(16)12-18-20-13-14-8-4-3-5-9-14/h3-12H,2,13H2,1H3. The smallest absolute Gasteiger partial charge is 0.310 e. The lowest BCUT2D eigenvalue weighted by Crippen LogP contribution is -2.07. The average Bonchev–Trinajstić information content (AvgIpc) is 2.54. The zero-order chi connectivity index (χ0) is 14.9. The Labute approximate surface area is 124 Å². The minimum absolute atomic E-state index is 0.277. The van der Waals surface area contributed by atoms with Crippen molar-refractivity contribution in [3.05, 3.63) is 65.7 Å². The van der Waals surface area contributed by atoms with Gasteiger partial charge in [0.15, 0.2) is 0 Å². The molecule has 0 saturated carbocycles. The summed E-state index contributed by atoms with van der Waals surface area (Å²) in [5, 5.41) is 3.91. The molecule has 0 amide bonds. The topological polar surface area (TPSA) is 47.9 Å². The number of rotatable bonds is 6. The number of nitrogens with zero attached hydrogens (tertiary/aromatic N) is 1. The van der Waals surface area contributed by atoms with Crippen LogP contribution >= 0.6 is 0 Å². The van der Waals surface area contributed by atoms with Crippen molar-refractivity contribution >= 4 is 12.2 Å². The van der Waals surface area contributed by atoms with Gasteiger partial charge in [0.05, 0.1) is 6.21 Å². The molecular formula is C17H17NO3. The first kappa shape index (κ1) is 14.8. The summed E-state index contributed by atoms with van der Waals surface area (Å²) in [7, 11) is 0. The number of hydrogen-bond acceptors (Lipinski definition) is 4. The highest BCUT2D eigenvalue weighted by molar-refractivity contribution is 5.85. The van der Waals surface area contributed by atoms with E-state index in [0.717, 1.165) is 5.56 Å². The van der Waals surface area contributed by atoms with E-state index < -0.39 is 0 Å². The first-order valence-electron chi connectivity index (χ1n) is 6.78. The minimum atomic E-state index is -0.277. The quantitative estimate of drug-likeness (QED) is 0.352. The Balaban J connectivity index is 1.95. The molecular weight excluding hydrogens is 266 g/mol. The minimum Gasteiger partial charge on any atom is -0.426 e. The summed E-state index contributed by atoms with van der Waals surface area (Å²) in [5.41, 5.74) is 1.74. The van der Waals surface area contributed by atoms with Crippen LogP contribution in [0.5, 0.6) is 5.75 Å². The van der Waals surface area contributed by atoms with Crippen molar-refractivity contribution in [3.63, 3.8) is 0 Å². The number of para-hydroxylation sites is 1. The van der Waals surface area contributed by atoms with Crippen LogP contribution in [0.1, 0.15) is 24.5 Å². The Morgan fingerprint density at radius 1 is 1.10 bits per heavy atom. The first-order chi connectivity index (χ1) is 10.3. The third-order valence-electron chi connectivity index (χ3n) is 2.77. The largest absolute Gasteiger partial charge is 0.426 e. The molecule has 0 aromatic heterocycles. The molecule has 4 heteroatoms. The summed E-state index contributed by atoms with van der Waals surface area (Å²) < 4.78 is 5.22. The van der Waals surface area contributed by atoms with Crippen molar-refractivity contribution in [3.8, 4) is 5.75 Å².